The fourth-order valence-electron chi connectivity index (χ4n) is 1.90. The molecule has 1 aromatic carbocycles. The van der Waals surface area contributed by atoms with Gasteiger partial charge in [-0.05, 0) is 32.0 Å². The minimum atomic E-state index is -0.227. The Morgan fingerprint density at radius 3 is 2.38 bits per heavy atom. The van der Waals surface area contributed by atoms with Crippen molar-refractivity contribution in [3.8, 4) is 5.75 Å². The van der Waals surface area contributed by atoms with Gasteiger partial charge in [-0.2, -0.15) is 0 Å². The molecule has 0 radical (unpaired) electrons. The summed E-state index contributed by atoms with van der Waals surface area (Å²) in [6, 6.07) is 5.65. The molecule has 6 nitrogen and oxygen atoms in total. The summed E-state index contributed by atoms with van der Waals surface area (Å²) in [5, 5.41) is 3.22. The number of benzene rings is 1. The first-order valence-electron chi connectivity index (χ1n) is 7.96. The molecule has 0 saturated heterocycles. The van der Waals surface area contributed by atoms with Crippen molar-refractivity contribution in [2.45, 2.75) is 31.6 Å². The number of hydrogen-bond donors (Lipinski definition) is 1. The van der Waals surface area contributed by atoms with Crippen molar-refractivity contribution >= 4 is 29.4 Å². The van der Waals surface area contributed by atoms with Gasteiger partial charge in [-0.3, -0.25) is 9.59 Å². The topological polar surface area (TPSA) is 73.9 Å². The van der Waals surface area contributed by atoms with Crippen LogP contribution in [-0.2, 0) is 19.1 Å². The lowest BCUT2D eigenvalue weighted by molar-refractivity contribution is -0.143. The standard InChI is InChI=1S/C17H25NO5S/c1-4-22-16(19)8-10-18-14-7-6-13(21-3)12-15(14)24-11-9-17(20)23-5-2/h6-7,12,18H,4-5,8-11H2,1-3H3. The second kappa shape index (κ2) is 11.6. The summed E-state index contributed by atoms with van der Waals surface area (Å²) in [5.41, 5.74) is 0.897. The van der Waals surface area contributed by atoms with E-state index in [1.807, 2.05) is 18.2 Å². The van der Waals surface area contributed by atoms with Crippen LogP contribution in [0.4, 0.5) is 5.69 Å². The fourth-order valence-corrected chi connectivity index (χ4v) is 2.89. The zero-order valence-corrected chi connectivity index (χ0v) is 15.2. The molecule has 0 heterocycles. The Balaban J connectivity index is 2.59. The molecule has 0 bridgehead atoms. The van der Waals surface area contributed by atoms with Gasteiger partial charge in [-0.15, -0.1) is 11.8 Å². The van der Waals surface area contributed by atoms with E-state index in [0.717, 1.165) is 16.3 Å². The van der Waals surface area contributed by atoms with Crippen LogP contribution in [0, 0.1) is 0 Å². The Kier molecular flexibility index (Phi) is 9.76. The largest absolute Gasteiger partial charge is 0.497 e. The third-order valence-corrected chi connectivity index (χ3v) is 4.06. The van der Waals surface area contributed by atoms with E-state index in [-0.39, 0.29) is 11.9 Å². The van der Waals surface area contributed by atoms with E-state index in [1.54, 1.807) is 32.7 Å². The number of carbonyl (C=O) groups is 2. The van der Waals surface area contributed by atoms with E-state index < -0.39 is 0 Å². The Hall–Kier alpha value is -1.89. The van der Waals surface area contributed by atoms with Crippen LogP contribution in [0.2, 0.25) is 0 Å². The van der Waals surface area contributed by atoms with E-state index in [2.05, 4.69) is 5.32 Å². The summed E-state index contributed by atoms with van der Waals surface area (Å²) in [6.07, 6.45) is 0.644. The molecule has 0 aliphatic carbocycles. The lowest BCUT2D eigenvalue weighted by Gasteiger charge is -2.13. The van der Waals surface area contributed by atoms with Crippen molar-refractivity contribution < 1.29 is 23.8 Å². The second-order valence-corrected chi connectivity index (χ2v) is 5.88. The number of hydrogen-bond acceptors (Lipinski definition) is 7. The molecule has 0 aliphatic rings. The number of rotatable bonds is 11. The molecule has 1 N–H and O–H groups in total. The van der Waals surface area contributed by atoms with Crippen LogP contribution < -0.4 is 10.1 Å². The van der Waals surface area contributed by atoms with E-state index >= 15 is 0 Å². The van der Waals surface area contributed by atoms with Crippen molar-refractivity contribution in [2.24, 2.45) is 0 Å². The summed E-state index contributed by atoms with van der Waals surface area (Å²) >= 11 is 1.54. The van der Waals surface area contributed by atoms with E-state index in [0.29, 0.717) is 38.4 Å². The first-order chi connectivity index (χ1) is 11.6. The number of esters is 2. The second-order valence-electron chi connectivity index (χ2n) is 4.75. The highest BCUT2D eigenvalue weighted by Crippen LogP contribution is 2.31. The molecule has 1 rings (SSSR count). The SMILES string of the molecule is CCOC(=O)CCNc1ccc(OC)cc1SCCC(=O)OCC. The van der Waals surface area contributed by atoms with Gasteiger partial charge in [0.25, 0.3) is 0 Å². The van der Waals surface area contributed by atoms with Gasteiger partial charge in [0.1, 0.15) is 5.75 Å². The van der Waals surface area contributed by atoms with Crippen molar-refractivity contribution in [3.63, 3.8) is 0 Å². The van der Waals surface area contributed by atoms with Crippen LogP contribution in [0.15, 0.2) is 23.1 Å². The Morgan fingerprint density at radius 2 is 1.75 bits per heavy atom. The van der Waals surface area contributed by atoms with Gasteiger partial charge in [-0.25, -0.2) is 0 Å². The average molecular weight is 355 g/mol. The maximum atomic E-state index is 11.4. The van der Waals surface area contributed by atoms with Crippen LogP contribution in [0.5, 0.6) is 5.75 Å². The number of thioether (sulfide) groups is 1. The van der Waals surface area contributed by atoms with Crippen LogP contribution in [0.3, 0.4) is 0 Å². The summed E-state index contributed by atoms with van der Waals surface area (Å²) in [4.78, 5) is 23.8. The average Bonchev–Trinajstić information content (AvgIpc) is 2.56. The Morgan fingerprint density at radius 1 is 1.08 bits per heavy atom. The number of carbonyl (C=O) groups excluding carboxylic acids is 2. The molecule has 1 aromatic rings. The Labute approximate surface area is 147 Å². The highest BCUT2D eigenvalue weighted by atomic mass is 32.2. The molecule has 0 atom stereocenters. The van der Waals surface area contributed by atoms with Gasteiger partial charge in [0.15, 0.2) is 0 Å². The fraction of sp³-hybridized carbons (Fsp3) is 0.529. The molecule has 0 fully saturated rings. The quantitative estimate of drug-likeness (QED) is 0.483. The van der Waals surface area contributed by atoms with E-state index in [9.17, 15) is 9.59 Å². The van der Waals surface area contributed by atoms with Gasteiger partial charge in [-0.1, -0.05) is 0 Å². The van der Waals surface area contributed by atoms with Crippen LogP contribution >= 0.6 is 11.8 Å². The molecule has 7 heteroatoms. The van der Waals surface area contributed by atoms with Crippen molar-refractivity contribution in [3.05, 3.63) is 18.2 Å². The maximum absolute atomic E-state index is 11.4. The predicted octanol–water partition coefficient (Wildman–Crippen LogP) is 3.11. The Bertz CT molecular complexity index is 536. The van der Waals surface area contributed by atoms with E-state index in [4.69, 9.17) is 14.2 Å². The lowest BCUT2D eigenvalue weighted by Crippen LogP contribution is -2.11. The molecule has 0 unspecified atom stereocenters. The molecule has 0 saturated carbocycles. The molecular formula is C17H25NO5S. The normalized spacial score (nSPS) is 10.1. The molecule has 134 valence electrons. The van der Waals surface area contributed by atoms with Gasteiger partial charge in [0.2, 0.25) is 0 Å². The predicted molar refractivity (Wildman–Crippen MR) is 94.7 cm³/mol. The number of nitrogens with one attached hydrogen (secondary N) is 1. The number of ether oxygens (including phenoxy) is 3. The summed E-state index contributed by atoms with van der Waals surface area (Å²) < 4.78 is 15.1. The third kappa shape index (κ3) is 7.59. The number of anilines is 1. The van der Waals surface area contributed by atoms with Crippen LogP contribution in [-0.4, -0.2) is 44.6 Å². The monoisotopic (exact) mass is 355 g/mol. The smallest absolute Gasteiger partial charge is 0.307 e. The van der Waals surface area contributed by atoms with Crippen molar-refractivity contribution in [1.82, 2.24) is 0 Å². The number of methoxy groups -OCH3 is 1. The summed E-state index contributed by atoms with van der Waals surface area (Å²) in [6.45, 7) is 4.84. The van der Waals surface area contributed by atoms with E-state index in [1.165, 1.54) is 0 Å². The molecular weight excluding hydrogens is 330 g/mol. The highest BCUT2D eigenvalue weighted by molar-refractivity contribution is 7.99. The minimum Gasteiger partial charge on any atom is -0.497 e. The summed E-state index contributed by atoms with van der Waals surface area (Å²) in [7, 11) is 1.61. The first-order valence-corrected chi connectivity index (χ1v) is 8.95. The van der Waals surface area contributed by atoms with Crippen molar-refractivity contribution in [1.29, 1.82) is 0 Å². The molecule has 0 amide bonds. The summed E-state index contributed by atoms with van der Waals surface area (Å²) in [5.74, 6) is 0.919. The molecule has 0 aromatic heterocycles. The highest BCUT2D eigenvalue weighted by Gasteiger charge is 2.09. The first kappa shape index (κ1) is 20.2. The maximum Gasteiger partial charge on any atom is 0.307 e. The molecule has 24 heavy (non-hydrogen) atoms. The van der Waals surface area contributed by atoms with Crippen molar-refractivity contribution in [2.75, 3.05) is 37.9 Å². The van der Waals surface area contributed by atoms with Crippen LogP contribution in [0.25, 0.3) is 0 Å². The van der Waals surface area contributed by atoms with Gasteiger partial charge >= 0.3 is 11.9 Å². The third-order valence-electron chi connectivity index (χ3n) is 3.01. The molecule has 0 spiro atoms. The minimum absolute atomic E-state index is 0.204. The zero-order valence-electron chi connectivity index (χ0n) is 14.4. The zero-order chi connectivity index (χ0) is 17.8. The van der Waals surface area contributed by atoms with Crippen LogP contribution in [0.1, 0.15) is 26.7 Å². The van der Waals surface area contributed by atoms with Gasteiger partial charge in [0, 0.05) is 22.9 Å². The molecule has 0 aliphatic heterocycles. The lowest BCUT2D eigenvalue weighted by atomic mass is 10.3. The van der Waals surface area contributed by atoms with Gasteiger partial charge in [0.05, 0.1) is 33.2 Å². The van der Waals surface area contributed by atoms with Gasteiger partial charge < -0.3 is 19.5 Å².